The molecule has 8 nitrogen and oxygen atoms in total. The fourth-order valence-electron chi connectivity index (χ4n) is 5.76. The van der Waals surface area contributed by atoms with Crippen molar-refractivity contribution >= 4 is 5.91 Å². The molecule has 0 N–H and O–H groups in total. The molecule has 0 bridgehead atoms. The van der Waals surface area contributed by atoms with E-state index in [0.29, 0.717) is 54.7 Å². The van der Waals surface area contributed by atoms with Crippen molar-refractivity contribution in [2.24, 2.45) is 0 Å². The van der Waals surface area contributed by atoms with Crippen LogP contribution >= 0.6 is 0 Å². The van der Waals surface area contributed by atoms with E-state index >= 15 is 0 Å². The highest BCUT2D eigenvalue weighted by atomic mass is 16.7. The Morgan fingerprint density at radius 2 is 1.81 bits per heavy atom. The lowest BCUT2D eigenvalue weighted by atomic mass is 9.84. The largest absolute Gasteiger partial charge is 0.493 e. The van der Waals surface area contributed by atoms with Crippen LogP contribution in [0, 0.1) is 0 Å². The molecule has 37 heavy (non-hydrogen) atoms. The number of rotatable bonds is 6. The molecular formula is C29H29NO7. The smallest absolute Gasteiger partial charge is 0.231 e. The van der Waals surface area contributed by atoms with Gasteiger partial charge in [0.25, 0.3) is 0 Å². The molecule has 3 aliphatic rings. The van der Waals surface area contributed by atoms with Crippen LogP contribution in [0.3, 0.4) is 0 Å². The third-order valence-electron chi connectivity index (χ3n) is 7.41. The Balaban J connectivity index is 1.49. The minimum Gasteiger partial charge on any atom is -0.493 e. The van der Waals surface area contributed by atoms with Gasteiger partial charge >= 0.3 is 0 Å². The molecule has 6 rings (SSSR count). The number of hydrogen-bond donors (Lipinski definition) is 0. The standard InChI is InChI=1S/C29H29NO7/c1-32-21-10-9-19-20(26(21)33-2)15-35-27(19)25-24-18(14-22-28(29(24)34-3)37-16-36-22)11-12-30(25)23(31)13-17-7-5-4-6-8-17/h4-10,14,25,27H,11-13,15-16H2,1-3H3/t25-,27+/m1/s1. The molecule has 3 heterocycles. The normalized spacial score (nSPS) is 19.3. The zero-order valence-electron chi connectivity index (χ0n) is 21.1. The first-order valence-corrected chi connectivity index (χ1v) is 12.3. The second-order valence-corrected chi connectivity index (χ2v) is 9.26. The fraction of sp³-hybridized carbons (Fsp3) is 0.345. The summed E-state index contributed by atoms with van der Waals surface area (Å²) in [7, 11) is 4.86. The van der Waals surface area contributed by atoms with E-state index in [4.69, 9.17) is 28.4 Å². The molecular weight excluding hydrogens is 474 g/mol. The Morgan fingerprint density at radius 3 is 2.57 bits per heavy atom. The molecule has 1 amide bonds. The fourth-order valence-corrected chi connectivity index (χ4v) is 5.76. The first kappa shape index (κ1) is 23.5. The second-order valence-electron chi connectivity index (χ2n) is 9.26. The molecule has 3 aromatic rings. The zero-order valence-corrected chi connectivity index (χ0v) is 21.1. The van der Waals surface area contributed by atoms with Crippen molar-refractivity contribution in [2.45, 2.75) is 31.6 Å². The van der Waals surface area contributed by atoms with E-state index in [9.17, 15) is 4.79 Å². The highest BCUT2D eigenvalue weighted by Crippen LogP contribution is 2.55. The Morgan fingerprint density at radius 1 is 1.00 bits per heavy atom. The maximum Gasteiger partial charge on any atom is 0.231 e. The van der Waals surface area contributed by atoms with Crippen LogP contribution in [0.1, 0.15) is 40.0 Å². The summed E-state index contributed by atoms with van der Waals surface area (Å²) < 4.78 is 35.1. The highest BCUT2D eigenvalue weighted by Gasteiger charge is 2.45. The highest BCUT2D eigenvalue weighted by molar-refractivity contribution is 5.80. The van der Waals surface area contributed by atoms with Gasteiger partial charge in [0, 0.05) is 17.7 Å². The number of ether oxygens (including phenoxy) is 6. The van der Waals surface area contributed by atoms with Crippen molar-refractivity contribution in [3.05, 3.63) is 76.3 Å². The average molecular weight is 504 g/mol. The number of nitrogens with zero attached hydrogens (tertiary/aromatic N) is 1. The predicted molar refractivity (Wildman–Crippen MR) is 134 cm³/mol. The maximum atomic E-state index is 13.8. The minimum absolute atomic E-state index is 0.0269. The van der Waals surface area contributed by atoms with Gasteiger partial charge in [-0.15, -0.1) is 0 Å². The number of carbonyl (C=O) groups excluding carboxylic acids is 1. The van der Waals surface area contributed by atoms with Crippen LogP contribution in [-0.4, -0.2) is 45.5 Å². The number of carbonyl (C=O) groups is 1. The van der Waals surface area contributed by atoms with Gasteiger partial charge in [0.05, 0.1) is 40.4 Å². The predicted octanol–water partition coefficient (Wildman–Crippen LogP) is 4.38. The van der Waals surface area contributed by atoms with Crippen molar-refractivity contribution < 1.29 is 33.2 Å². The third-order valence-corrected chi connectivity index (χ3v) is 7.41. The summed E-state index contributed by atoms with van der Waals surface area (Å²) >= 11 is 0. The molecule has 0 unspecified atom stereocenters. The van der Waals surface area contributed by atoms with Crippen molar-refractivity contribution in [1.82, 2.24) is 4.90 Å². The summed E-state index contributed by atoms with van der Waals surface area (Å²) in [5.41, 5.74) is 4.81. The number of hydrogen-bond acceptors (Lipinski definition) is 7. The molecule has 0 fully saturated rings. The second kappa shape index (κ2) is 9.52. The van der Waals surface area contributed by atoms with Gasteiger partial charge in [0.15, 0.2) is 23.0 Å². The van der Waals surface area contributed by atoms with E-state index in [2.05, 4.69) is 0 Å². The van der Waals surface area contributed by atoms with E-state index in [1.165, 1.54) is 0 Å². The van der Waals surface area contributed by atoms with Gasteiger partial charge in [-0.25, -0.2) is 0 Å². The van der Waals surface area contributed by atoms with Gasteiger partial charge in [-0.1, -0.05) is 36.4 Å². The van der Waals surface area contributed by atoms with E-state index in [1.807, 2.05) is 53.4 Å². The zero-order chi connectivity index (χ0) is 25.5. The van der Waals surface area contributed by atoms with Crippen molar-refractivity contribution in [3.63, 3.8) is 0 Å². The van der Waals surface area contributed by atoms with Gasteiger partial charge in [0.1, 0.15) is 6.10 Å². The van der Waals surface area contributed by atoms with Crippen LogP contribution in [0.15, 0.2) is 48.5 Å². The first-order valence-electron chi connectivity index (χ1n) is 12.3. The van der Waals surface area contributed by atoms with Crippen LogP contribution in [-0.2, 0) is 29.0 Å². The Bertz CT molecular complexity index is 1340. The summed E-state index contributed by atoms with van der Waals surface area (Å²) in [5, 5.41) is 0. The summed E-state index contributed by atoms with van der Waals surface area (Å²) in [4.78, 5) is 15.8. The van der Waals surface area contributed by atoms with Gasteiger partial charge in [-0.2, -0.15) is 0 Å². The average Bonchev–Trinajstić information content (AvgIpc) is 3.58. The summed E-state index contributed by atoms with van der Waals surface area (Å²) in [6, 6.07) is 15.3. The molecule has 0 aliphatic carbocycles. The monoisotopic (exact) mass is 503 g/mol. The third kappa shape index (κ3) is 3.83. The van der Waals surface area contributed by atoms with Gasteiger partial charge < -0.3 is 33.3 Å². The van der Waals surface area contributed by atoms with Crippen LogP contribution in [0.4, 0.5) is 0 Å². The lowest BCUT2D eigenvalue weighted by Gasteiger charge is -2.41. The molecule has 3 aliphatic heterocycles. The molecule has 8 heteroatoms. The molecule has 0 saturated heterocycles. The van der Waals surface area contributed by atoms with E-state index in [-0.39, 0.29) is 12.7 Å². The SMILES string of the molecule is COc1ccc2c(c1OC)CO[C@@H]2[C@H]1c2c(cc3c(c2OC)OCO3)CCN1C(=O)Cc1ccccc1. The number of fused-ring (bicyclic) bond motifs is 3. The van der Waals surface area contributed by atoms with Crippen LogP contribution < -0.4 is 23.7 Å². The molecule has 3 aromatic carbocycles. The minimum atomic E-state index is -0.428. The molecule has 192 valence electrons. The van der Waals surface area contributed by atoms with Crippen molar-refractivity contribution in [3.8, 4) is 28.7 Å². The summed E-state index contributed by atoms with van der Waals surface area (Å²) in [5.74, 6) is 3.14. The Kier molecular flexibility index (Phi) is 6.04. The van der Waals surface area contributed by atoms with Crippen molar-refractivity contribution in [2.75, 3.05) is 34.7 Å². The van der Waals surface area contributed by atoms with Crippen LogP contribution in [0.5, 0.6) is 28.7 Å². The molecule has 0 radical (unpaired) electrons. The lowest BCUT2D eigenvalue weighted by molar-refractivity contribution is -0.137. The summed E-state index contributed by atoms with van der Waals surface area (Å²) in [6.07, 6.45) is 0.540. The number of benzene rings is 3. The topological polar surface area (TPSA) is 75.7 Å². The number of methoxy groups -OCH3 is 3. The maximum absolute atomic E-state index is 13.8. The quantitative estimate of drug-likeness (QED) is 0.494. The Labute approximate surface area is 215 Å². The Hall–Kier alpha value is -3.91. The van der Waals surface area contributed by atoms with E-state index < -0.39 is 12.1 Å². The molecule has 0 saturated carbocycles. The van der Waals surface area contributed by atoms with Crippen molar-refractivity contribution in [1.29, 1.82) is 0 Å². The van der Waals surface area contributed by atoms with Gasteiger partial charge in [0.2, 0.25) is 18.4 Å². The van der Waals surface area contributed by atoms with E-state index in [0.717, 1.165) is 27.8 Å². The molecule has 0 aromatic heterocycles. The van der Waals surface area contributed by atoms with Crippen LogP contribution in [0.2, 0.25) is 0 Å². The number of amides is 1. The molecule has 2 atom stereocenters. The lowest BCUT2D eigenvalue weighted by Crippen LogP contribution is -2.43. The van der Waals surface area contributed by atoms with Gasteiger partial charge in [-0.3, -0.25) is 4.79 Å². The van der Waals surface area contributed by atoms with Gasteiger partial charge in [-0.05, 0) is 35.2 Å². The summed E-state index contributed by atoms with van der Waals surface area (Å²) in [6.45, 7) is 1.03. The van der Waals surface area contributed by atoms with Crippen LogP contribution in [0.25, 0.3) is 0 Å². The molecule has 0 spiro atoms. The van der Waals surface area contributed by atoms with E-state index in [1.54, 1.807) is 21.3 Å². The first-order chi connectivity index (χ1) is 18.1.